The lowest BCUT2D eigenvalue weighted by atomic mass is 10.0. The van der Waals surface area contributed by atoms with Gasteiger partial charge in [0.25, 0.3) is 0 Å². The van der Waals surface area contributed by atoms with E-state index in [1.807, 2.05) is 0 Å². The Morgan fingerprint density at radius 3 is 2.82 bits per heavy atom. The van der Waals surface area contributed by atoms with Crippen LogP contribution in [-0.2, 0) is 0 Å². The van der Waals surface area contributed by atoms with Crippen LogP contribution in [0.3, 0.4) is 0 Å². The number of amidine groups is 1. The number of hydrogen-bond donors (Lipinski definition) is 4. The van der Waals surface area contributed by atoms with Crippen molar-refractivity contribution < 1.29 is 10.2 Å². The molecule has 0 amide bonds. The van der Waals surface area contributed by atoms with Crippen molar-refractivity contribution in [3.05, 3.63) is 45.8 Å². The molecule has 7 nitrogen and oxygen atoms in total. The summed E-state index contributed by atoms with van der Waals surface area (Å²) in [6.07, 6.45) is -2.37. The molecule has 0 radical (unpaired) electrons. The number of nitrogen functional groups attached to an aromatic ring is 1. The van der Waals surface area contributed by atoms with Crippen LogP contribution in [0.1, 0.15) is 17.2 Å². The van der Waals surface area contributed by atoms with Gasteiger partial charge in [0.15, 0.2) is 0 Å². The summed E-state index contributed by atoms with van der Waals surface area (Å²) in [4.78, 5) is 2.50. The Kier molecular flexibility index (Phi) is 4.47. The van der Waals surface area contributed by atoms with Gasteiger partial charge in [-0.3, -0.25) is 5.41 Å². The van der Waals surface area contributed by atoms with Gasteiger partial charge in [0.1, 0.15) is 11.9 Å². The molecule has 2 atom stereocenters. The van der Waals surface area contributed by atoms with E-state index in [9.17, 15) is 10.2 Å². The first-order valence-electron chi connectivity index (χ1n) is 4.87. The average molecular weight is 235 g/mol. The number of nitrogens with zero attached hydrogens (tertiary/aromatic N) is 3. The molecular formula is C10H13N5O2. The minimum atomic E-state index is -1.19. The Hall–Kier alpha value is -2.08. The quantitative estimate of drug-likeness (QED) is 0.196. The predicted molar refractivity (Wildman–Crippen MR) is 62.4 cm³/mol. The average Bonchev–Trinajstić information content (AvgIpc) is 2.35. The number of azide groups is 1. The standard InChI is InChI=1S/C10H13N5O2/c11-10(12)7-3-1-2-6(4-7)9(17)8(16)5-14-15-13/h1-4,8-9,16-17H,5H2,(H3,11,12). The highest BCUT2D eigenvalue weighted by Crippen LogP contribution is 2.18. The number of rotatable bonds is 5. The first-order valence-corrected chi connectivity index (χ1v) is 4.87. The van der Waals surface area contributed by atoms with Crippen LogP contribution in [0.15, 0.2) is 29.4 Å². The molecule has 0 aromatic heterocycles. The van der Waals surface area contributed by atoms with Crippen LogP contribution < -0.4 is 5.73 Å². The van der Waals surface area contributed by atoms with Crippen LogP contribution in [0.5, 0.6) is 0 Å². The molecule has 1 aromatic rings. The summed E-state index contributed by atoms with van der Waals surface area (Å²) in [5.74, 6) is -0.122. The molecule has 17 heavy (non-hydrogen) atoms. The van der Waals surface area contributed by atoms with E-state index in [4.69, 9.17) is 16.7 Å². The maximum Gasteiger partial charge on any atom is 0.122 e. The van der Waals surface area contributed by atoms with E-state index in [1.54, 1.807) is 18.2 Å². The molecule has 0 spiro atoms. The van der Waals surface area contributed by atoms with Crippen LogP contribution in [0, 0.1) is 5.41 Å². The van der Waals surface area contributed by atoms with Gasteiger partial charge < -0.3 is 15.9 Å². The maximum atomic E-state index is 9.78. The van der Waals surface area contributed by atoms with Crippen molar-refractivity contribution in [2.75, 3.05) is 6.54 Å². The Labute approximate surface area is 97.6 Å². The van der Waals surface area contributed by atoms with Gasteiger partial charge in [-0.15, -0.1) is 0 Å². The molecule has 0 aliphatic carbocycles. The van der Waals surface area contributed by atoms with E-state index in [0.717, 1.165) is 0 Å². The summed E-state index contributed by atoms with van der Waals surface area (Å²) in [6.45, 7) is -0.220. The number of benzene rings is 1. The Morgan fingerprint density at radius 1 is 1.53 bits per heavy atom. The van der Waals surface area contributed by atoms with Crippen molar-refractivity contribution in [1.29, 1.82) is 5.41 Å². The van der Waals surface area contributed by atoms with E-state index < -0.39 is 12.2 Å². The third-order valence-corrected chi connectivity index (χ3v) is 2.24. The van der Waals surface area contributed by atoms with Crippen molar-refractivity contribution in [2.24, 2.45) is 10.8 Å². The first kappa shape index (κ1) is 13.0. The van der Waals surface area contributed by atoms with Crippen molar-refractivity contribution in [1.82, 2.24) is 0 Å². The zero-order valence-electron chi connectivity index (χ0n) is 8.98. The first-order chi connectivity index (χ1) is 8.06. The number of hydrogen-bond acceptors (Lipinski definition) is 4. The van der Waals surface area contributed by atoms with Crippen LogP contribution >= 0.6 is 0 Å². The number of aliphatic hydroxyl groups excluding tert-OH is 2. The fourth-order valence-electron chi connectivity index (χ4n) is 1.33. The van der Waals surface area contributed by atoms with Gasteiger partial charge in [-0.1, -0.05) is 23.3 Å². The number of nitrogens with one attached hydrogen (secondary N) is 1. The van der Waals surface area contributed by atoms with Crippen molar-refractivity contribution in [3.8, 4) is 0 Å². The third kappa shape index (κ3) is 3.46. The molecule has 0 heterocycles. The molecule has 0 aliphatic heterocycles. The summed E-state index contributed by atoms with van der Waals surface area (Å²) in [7, 11) is 0. The number of nitrogens with two attached hydrogens (primary N) is 1. The lowest BCUT2D eigenvalue weighted by Gasteiger charge is -2.16. The molecule has 0 saturated carbocycles. The minimum Gasteiger partial charge on any atom is -0.390 e. The fourth-order valence-corrected chi connectivity index (χ4v) is 1.33. The monoisotopic (exact) mass is 235 g/mol. The lowest BCUT2D eigenvalue weighted by Crippen LogP contribution is -2.21. The van der Waals surface area contributed by atoms with Gasteiger partial charge in [0.05, 0.1) is 12.6 Å². The smallest absolute Gasteiger partial charge is 0.122 e. The Bertz CT molecular complexity index is 456. The molecule has 90 valence electrons. The fraction of sp³-hybridized carbons (Fsp3) is 0.300. The summed E-state index contributed by atoms with van der Waals surface area (Å²) in [5.41, 5.74) is 14.3. The van der Waals surface area contributed by atoms with Gasteiger partial charge in [0, 0.05) is 10.5 Å². The molecule has 0 fully saturated rings. The minimum absolute atomic E-state index is 0.122. The van der Waals surface area contributed by atoms with E-state index in [-0.39, 0.29) is 12.4 Å². The normalized spacial score (nSPS) is 13.5. The highest BCUT2D eigenvalue weighted by atomic mass is 16.3. The van der Waals surface area contributed by atoms with Crippen LogP contribution in [0.25, 0.3) is 10.4 Å². The van der Waals surface area contributed by atoms with Gasteiger partial charge in [-0.2, -0.15) is 0 Å². The SMILES string of the molecule is [N-]=[N+]=NCC(O)C(O)c1cccc(C(=N)N)c1. The maximum absolute atomic E-state index is 9.78. The number of aliphatic hydroxyl groups is 2. The van der Waals surface area contributed by atoms with Crippen molar-refractivity contribution >= 4 is 5.84 Å². The Morgan fingerprint density at radius 2 is 2.24 bits per heavy atom. The van der Waals surface area contributed by atoms with E-state index in [0.29, 0.717) is 11.1 Å². The van der Waals surface area contributed by atoms with Crippen LogP contribution in [0.2, 0.25) is 0 Å². The topological polar surface area (TPSA) is 139 Å². The molecule has 5 N–H and O–H groups in total. The molecule has 1 aromatic carbocycles. The zero-order chi connectivity index (χ0) is 12.8. The van der Waals surface area contributed by atoms with Gasteiger partial charge in [-0.05, 0) is 17.2 Å². The molecule has 2 unspecified atom stereocenters. The zero-order valence-corrected chi connectivity index (χ0v) is 8.98. The largest absolute Gasteiger partial charge is 0.390 e. The summed E-state index contributed by atoms with van der Waals surface area (Å²) >= 11 is 0. The highest BCUT2D eigenvalue weighted by molar-refractivity contribution is 5.95. The predicted octanol–water partition coefficient (Wildman–Crippen LogP) is 0.675. The summed E-state index contributed by atoms with van der Waals surface area (Å²) in [5, 5.41) is 29.7. The second-order valence-corrected chi connectivity index (χ2v) is 3.46. The summed E-state index contributed by atoms with van der Waals surface area (Å²) < 4.78 is 0. The van der Waals surface area contributed by atoms with E-state index >= 15 is 0 Å². The molecule has 0 bridgehead atoms. The summed E-state index contributed by atoms with van der Waals surface area (Å²) in [6, 6.07) is 6.34. The molecule has 0 saturated heterocycles. The van der Waals surface area contributed by atoms with Crippen molar-refractivity contribution in [3.63, 3.8) is 0 Å². The Balaban J connectivity index is 2.87. The molecule has 0 aliphatic rings. The van der Waals surface area contributed by atoms with Gasteiger partial charge in [-0.25, -0.2) is 0 Å². The second kappa shape index (κ2) is 5.86. The third-order valence-electron chi connectivity index (χ3n) is 2.24. The second-order valence-electron chi connectivity index (χ2n) is 3.46. The van der Waals surface area contributed by atoms with Crippen molar-refractivity contribution in [2.45, 2.75) is 12.2 Å². The van der Waals surface area contributed by atoms with E-state index in [1.165, 1.54) is 6.07 Å². The van der Waals surface area contributed by atoms with Gasteiger partial charge >= 0.3 is 0 Å². The van der Waals surface area contributed by atoms with E-state index in [2.05, 4.69) is 10.0 Å². The van der Waals surface area contributed by atoms with Crippen LogP contribution in [-0.4, -0.2) is 28.7 Å². The molecule has 1 rings (SSSR count). The van der Waals surface area contributed by atoms with Crippen LogP contribution in [0.4, 0.5) is 0 Å². The van der Waals surface area contributed by atoms with Gasteiger partial charge in [0.2, 0.25) is 0 Å². The molecule has 7 heteroatoms. The lowest BCUT2D eigenvalue weighted by molar-refractivity contribution is 0.0244. The molecular weight excluding hydrogens is 222 g/mol. The highest BCUT2D eigenvalue weighted by Gasteiger charge is 2.17.